The topological polar surface area (TPSA) is 89.9 Å². The first-order chi connectivity index (χ1) is 18.0. The molecule has 0 saturated heterocycles. The zero-order valence-corrected chi connectivity index (χ0v) is 24.7. The Balaban J connectivity index is 3.15. The van der Waals surface area contributed by atoms with Gasteiger partial charge < -0.3 is 14.6 Å². The number of rotatable bonds is 18. The highest BCUT2D eigenvalue weighted by atomic mass is 16.5. The van der Waals surface area contributed by atoms with Crippen molar-refractivity contribution in [2.45, 2.75) is 124 Å². The first kappa shape index (κ1) is 33.6. The summed E-state index contributed by atoms with van der Waals surface area (Å²) in [6, 6.07) is 4.14. The van der Waals surface area contributed by atoms with Crippen molar-refractivity contribution >= 4 is 23.8 Å². The molecule has 38 heavy (non-hydrogen) atoms. The number of ketones is 1. The maximum atomic E-state index is 13.1. The lowest BCUT2D eigenvalue weighted by molar-refractivity contribution is -0.160. The highest BCUT2D eigenvalue weighted by Crippen LogP contribution is 2.34. The van der Waals surface area contributed by atoms with Crippen molar-refractivity contribution in [3.63, 3.8) is 0 Å². The Kier molecular flexibility index (Phi) is 15.2. The van der Waals surface area contributed by atoms with Crippen LogP contribution in [0.25, 0.3) is 6.08 Å². The largest absolute Gasteiger partial charge is 0.463 e. The molecule has 0 aliphatic heterocycles. The summed E-state index contributed by atoms with van der Waals surface area (Å²) in [6.45, 7) is 12.1. The zero-order chi connectivity index (χ0) is 28.7. The third-order valence-corrected chi connectivity index (χ3v) is 7.23. The summed E-state index contributed by atoms with van der Waals surface area (Å²) in [5, 5.41) is 10.5. The Bertz CT molecular complexity index is 930. The van der Waals surface area contributed by atoms with Gasteiger partial charge in [0.15, 0.2) is 0 Å². The van der Waals surface area contributed by atoms with Crippen LogP contribution in [0.2, 0.25) is 0 Å². The SMILES string of the molecule is CCCCCCCCCC(OC(=O)C(C)(C)CC)c1cc(C)cc(C)c1C=CC(O)CCC(=O)C(=O)OC. The molecule has 0 aromatic heterocycles. The van der Waals surface area contributed by atoms with Crippen molar-refractivity contribution in [3.8, 4) is 0 Å². The first-order valence-corrected chi connectivity index (χ1v) is 14.3. The molecule has 0 radical (unpaired) electrons. The Morgan fingerprint density at radius 3 is 2.21 bits per heavy atom. The van der Waals surface area contributed by atoms with Gasteiger partial charge in [0.1, 0.15) is 6.10 Å². The number of aliphatic hydroxyl groups is 1. The quantitative estimate of drug-likeness (QED) is 0.121. The summed E-state index contributed by atoms with van der Waals surface area (Å²) in [4.78, 5) is 36.2. The highest BCUT2D eigenvalue weighted by molar-refractivity contribution is 6.33. The fraction of sp³-hybridized carbons (Fsp3) is 0.656. The van der Waals surface area contributed by atoms with E-state index in [-0.39, 0.29) is 24.9 Å². The van der Waals surface area contributed by atoms with Crippen LogP contribution in [0.15, 0.2) is 18.2 Å². The van der Waals surface area contributed by atoms with E-state index in [4.69, 9.17) is 4.74 Å². The zero-order valence-electron chi connectivity index (χ0n) is 24.7. The maximum absolute atomic E-state index is 13.1. The van der Waals surface area contributed by atoms with Gasteiger partial charge in [-0.05, 0) is 64.5 Å². The average molecular weight is 531 g/mol. The van der Waals surface area contributed by atoms with E-state index in [2.05, 4.69) is 23.8 Å². The molecule has 0 heterocycles. The van der Waals surface area contributed by atoms with Crippen LogP contribution in [-0.4, -0.2) is 36.0 Å². The van der Waals surface area contributed by atoms with Crippen LogP contribution in [0.1, 0.15) is 127 Å². The van der Waals surface area contributed by atoms with E-state index in [1.54, 1.807) is 6.08 Å². The Morgan fingerprint density at radius 1 is 0.974 bits per heavy atom. The minimum atomic E-state index is -0.902. The van der Waals surface area contributed by atoms with Gasteiger partial charge in [0.25, 0.3) is 0 Å². The molecule has 214 valence electrons. The maximum Gasteiger partial charge on any atom is 0.374 e. The molecule has 0 saturated carbocycles. The van der Waals surface area contributed by atoms with Crippen molar-refractivity contribution in [2.24, 2.45) is 5.41 Å². The van der Waals surface area contributed by atoms with Gasteiger partial charge in [-0.2, -0.15) is 0 Å². The molecule has 0 bridgehead atoms. The van der Waals surface area contributed by atoms with Crippen molar-refractivity contribution in [1.29, 1.82) is 0 Å². The molecule has 0 amide bonds. The number of carbonyl (C=O) groups is 3. The number of esters is 2. The van der Waals surface area contributed by atoms with Crippen molar-refractivity contribution in [2.75, 3.05) is 7.11 Å². The van der Waals surface area contributed by atoms with E-state index in [1.165, 1.54) is 32.1 Å². The molecule has 6 nitrogen and oxygen atoms in total. The number of hydrogen-bond donors (Lipinski definition) is 1. The number of Topliss-reactive ketones (excluding diaryl/α,β-unsaturated/α-hetero) is 1. The number of aryl methyl sites for hydroxylation is 2. The molecule has 2 unspecified atom stereocenters. The predicted octanol–water partition coefficient (Wildman–Crippen LogP) is 7.36. The molecule has 1 N–H and O–H groups in total. The predicted molar refractivity (Wildman–Crippen MR) is 153 cm³/mol. The second kappa shape index (κ2) is 17.2. The van der Waals surface area contributed by atoms with Crippen LogP contribution in [-0.2, 0) is 23.9 Å². The van der Waals surface area contributed by atoms with Crippen LogP contribution < -0.4 is 0 Å². The van der Waals surface area contributed by atoms with E-state index in [0.29, 0.717) is 6.42 Å². The van der Waals surface area contributed by atoms with E-state index >= 15 is 0 Å². The number of ether oxygens (including phenoxy) is 2. The minimum absolute atomic E-state index is 0.0947. The summed E-state index contributed by atoms with van der Waals surface area (Å²) in [5.74, 6) is -1.77. The van der Waals surface area contributed by atoms with Gasteiger partial charge >= 0.3 is 11.9 Å². The normalized spacial score (nSPS) is 13.4. The van der Waals surface area contributed by atoms with Crippen LogP contribution in [0, 0.1) is 19.3 Å². The van der Waals surface area contributed by atoms with Crippen LogP contribution in [0.5, 0.6) is 0 Å². The van der Waals surface area contributed by atoms with Gasteiger partial charge in [-0.3, -0.25) is 9.59 Å². The van der Waals surface area contributed by atoms with E-state index in [9.17, 15) is 19.5 Å². The van der Waals surface area contributed by atoms with Crippen molar-refractivity contribution < 1.29 is 29.0 Å². The Morgan fingerprint density at radius 2 is 1.61 bits per heavy atom. The van der Waals surface area contributed by atoms with Crippen LogP contribution in [0.3, 0.4) is 0 Å². The number of hydrogen-bond acceptors (Lipinski definition) is 6. The summed E-state index contributed by atoms with van der Waals surface area (Å²) >= 11 is 0. The second-order valence-corrected chi connectivity index (χ2v) is 11.0. The smallest absolute Gasteiger partial charge is 0.374 e. The lowest BCUT2D eigenvalue weighted by atomic mass is 9.89. The molecule has 0 aliphatic rings. The molecule has 0 fully saturated rings. The van der Waals surface area contributed by atoms with Gasteiger partial charge in [0.05, 0.1) is 18.6 Å². The fourth-order valence-corrected chi connectivity index (χ4v) is 4.30. The molecule has 6 heteroatoms. The number of aliphatic hydroxyl groups excluding tert-OH is 1. The van der Waals surface area contributed by atoms with Crippen LogP contribution >= 0.6 is 0 Å². The van der Waals surface area contributed by atoms with E-state index < -0.39 is 23.3 Å². The van der Waals surface area contributed by atoms with E-state index in [1.807, 2.05) is 40.7 Å². The summed E-state index contributed by atoms with van der Waals surface area (Å²) < 4.78 is 10.6. The molecule has 0 aliphatic carbocycles. The number of carbonyl (C=O) groups excluding carboxylic acids is 3. The van der Waals surface area contributed by atoms with Crippen molar-refractivity contribution in [3.05, 3.63) is 40.5 Å². The molecule has 0 spiro atoms. The molecule has 1 rings (SSSR count). The summed E-state index contributed by atoms with van der Waals surface area (Å²) in [7, 11) is 1.16. The number of unbranched alkanes of at least 4 members (excludes halogenated alkanes) is 6. The highest BCUT2D eigenvalue weighted by Gasteiger charge is 2.31. The molecule has 1 aromatic carbocycles. The molecular formula is C32H50O6. The first-order valence-electron chi connectivity index (χ1n) is 14.3. The Labute approximate surface area is 230 Å². The average Bonchev–Trinajstić information content (AvgIpc) is 2.88. The van der Waals surface area contributed by atoms with Gasteiger partial charge in [-0.15, -0.1) is 0 Å². The minimum Gasteiger partial charge on any atom is -0.463 e. The number of methoxy groups -OCH3 is 1. The second-order valence-electron chi connectivity index (χ2n) is 11.0. The summed E-state index contributed by atoms with van der Waals surface area (Å²) in [6.07, 6.45) is 11.9. The number of benzene rings is 1. The Hall–Kier alpha value is -2.47. The lowest BCUT2D eigenvalue weighted by Gasteiger charge is -2.27. The molecule has 2 atom stereocenters. The van der Waals surface area contributed by atoms with Crippen LogP contribution in [0.4, 0.5) is 0 Å². The standard InChI is InChI=1S/C32H50O6/c1-8-10-11-12-13-14-15-16-29(38-31(36)32(5,6)9-2)27-22-23(3)21-24(4)26(27)19-17-25(33)18-20-28(34)30(35)37-7/h17,19,21-22,25,29,33H,8-16,18,20H2,1-7H3. The van der Waals surface area contributed by atoms with Gasteiger partial charge in [0.2, 0.25) is 5.78 Å². The monoisotopic (exact) mass is 530 g/mol. The fourth-order valence-electron chi connectivity index (χ4n) is 4.30. The van der Waals surface area contributed by atoms with Gasteiger partial charge in [0, 0.05) is 12.0 Å². The molecule has 1 aromatic rings. The lowest BCUT2D eigenvalue weighted by Crippen LogP contribution is -2.27. The van der Waals surface area contributed by atoms with Crippen molar-refractivity contribution in [1.82, 2.24) is 0 Å². The van der Waals surface area contributed by atoms with Gasteiger partial charge in [-0.1, -0.05) is 82.2 Å². The molecular weight excluding hydrogens is 480 g/mol. The van der Waals surface area contributed by atoms with Gasteiger partial charge in [-0.25, -0.2) is 4.79 Å². The third-order valence-electron chi connectivity index (χ3n) is 7.23. The van der Waals surface area contributed by atoms with E-state index in [0.717, 1.165) is 48.6 Å². The summed E-state index contributed by atoms with van der Waals surface area (Å²) in [5.41, 5.74) is 3.36. The third kappa shape index (κ3) is 11.5.